The molecule has 6 heteroatoms. The lowest BCUT2D eigenvalue weighted by molar-refractivity contribution is 0.103. The van der Waals surface area contributed by atoms with Crippen molar-refractivity contribution >= 4 is 50.3 Å². The van der Waals surface area contributed by atoms with E-state index in [9.17, 15) is 9.18 Å². The highest BCUT2D eigenvalue weighted by atomic mass is 35.5. The van der Waals surface area contributed by atoms with Gasteiger partial charge in [0, 0.05) is 23.2 Å². The minimum Gasteiger partial charge on any atom is -0.370 e. The van der Waals surface area contributed by atoms with Crippen LogP contribution in [-0.4, -0.2) is 19.0 Å². The molecule has 2 heterocycles. The second kappa shape index (κ2) is 7.25. The number of benzene rings is 2. The van der Waals surface area contributed by atoms with Crippen molar-refractivity contribution in [1.82, 2.24) is 0 Å². The van der Waals surface area contributed by atoms with Gasteiger partial charge in [-0.15, -0.1) is 11.3 Å². The van der Waals surface area contributed by atoms with Crippen molar-refractivity contribution in [3.63, 3.8) is 0 Å². The van der Waals surface area contributed by atoms with Crippen molar-refractivity contribution in [2.75, 3.05) is 23.3 Å². The van der Waals surface area contributed by atoms with Crippen LogP contribution < -0.4 is 10.2 Å². The molecule has 0 spiro atoms. The summed E-state index contributed by atoms with van der Waals surface area (Å²) in [6, 6.07) is 12.2. The van der Waals surface area contributed by atoms with Gasteiger partial charge in [0.05, 0.1) is 16.4 Å². The quantitative estimate of drug-likeness (QED) is 0.602. The third-order valence-electron chi connectivity index (χ3n) is 4.64. The lowest BCUT2D eigenvalue weighted by Crippen LogP contribution is -2.30. The zero-order valence-electron chi connectivity index (χ0n) is 14.1. The van der Waals surface area contributed by atoms with Crippen LogP contribution >= 0.6 is 22.9 Å². The van der Waals surface area contributed by atoms with Crippen LogP contribution in [0.1, 0.15) is 28.9 Å². The number of nitrogens with one attached hydrogen (secondary N) is 1. The van der Waals surface area contributed by atoms with E-state index in [2.05, 4.69) is 10.2 Å². The van der Waals surface area contributed by atoms with Gasteiger partial charge in [0.25, 0.3) is 5.91 Å². The van der Waals surface area contributed by atoms with Gasteiger partial charge in [-0.3, -0.25) is 4.79 Å². The van der Waals surface area contributed by atoms with Gasteiger partial charge in [0.15, 0.2) is 0 Å². The van der Waals surface area contributed by atoms with E-state index in [0.29, 0.717) is 15.6 Å². The number of hydrogen-bond acceptors (Lipinski definition) is 3. The molecule has 0 unspecified atom stereocenters. The first kappa shape index (κ1) is 17.3. The first-order valence-electron chi connectivity index (χ1n) is 8.66. The fourth-order valence-corrected chi connectivity index (χ4v) is 4.77. The lowest BCUT2D eigenvalue weighted by Gasteiger charge is -2.30. The third kappa shape index (κ3) is 3.29. The van der Waals surface area contributed by atoms with E-state index < -0.39 is 0 Å². The summed E-state index contributed by atoms with van der Waals surface area (Å²) in [5.41, 5.74) is 1.35. The SMILES string of the molecule is O=C(Nc1cc(F)ccc1N1CCCCC1)c1sc2ccccc2c1Cl. The number of rotatable bonds is 3. The highest BCUT2D eigenvalue weighted by molar-refractivity contribution is 7.21. The summed E-state index contributed by atoms with van der Waals surface area (Å²) in [4.78, 5) is 15.5. The fourth-order valence-electron chi connectivity index (χ4n) is 3.36. The van der Waals surface area contributed by atoms with Gasteiger partial charge in [-0.05, 0) is 43.5 Å². The van der Waals surface area contributed by atoms with Crippen molar-refractivity contribution in [2.24, 2.45) is 0 Å². The lowest BCUT2D eigenvalue weighted by atomic mass is 10.1. The minimum atomic E-state index is -0.372. The Morgan fingerprint density at radius 1 is 1.12 bits per heavy atom. The molecule has 3 aromatic rings. The van der Waals surface area contributed by atoms with Crippen LogP contribution in [0.5, 0.6) is 0 Å². The molecule has 1 aliphatic rings. The molecule has 1 fully saturated rings. The number of carbonyl (C=O) groups excluding carboxylic acids is 1. The normalized spacial score (nSPS) is 14.6. The Morgan fingerprint density at radius 2 is 1.88 bits per heavy atom. The van der Waals surface area contributed by atoms with Crippen molar-refractivity contribution in [3.8, 4) is 0 Å². The van der Waals surface area contributed by atoms with Crippen LogP contribution in [-0.2, 0) is 0 Å². The molecule has 1 amide bonds. The molecule has 2 aromatic carbocycles. The number of piperidine rings is 1. The number of hydrogen-bond donors (Lipinski definition) is 1. The summed E-state index contributed by atoms with van der Waals surface area (Å²) < 4.78 is 14.8. The standard InChI is InChI=1S/C20H18ClFN2OS/c21-18-14-6-2-3-7-17(14)26-19(18)20(25)23-15-12-13(22)8-9-16(15)24-10-4-1-5-11-24/h2-3,6-9,12H,1,4-5,10-11H2,(H,23,25). The van der Waals surface area contributed by atoms with Crippen LogP contribution in [0.4, 0.5) is 15.8 Å². The molecule has 0 aliphatic carbocycles. The highest BCUT2D eigenvalue weighted by Gasteiger charge is 2.20. The van der Waals surface area contributed by atoms with E-state index in [1.54, 1.807) is 6.07 Å². The van der Waals surface area contributed by atoms with Gasteiger partial charge in [0.1, 0.15) is 10.7 Å². The highest BCUT2D eigenvalue weighted by Crippen LogP contribution is 2.36. The number of halogens is 2. The molecule has 1 aliphatic heterocycles. The number of amides is 1. The first-order valence-corrected chi connectivity index (χ1v) is 9.86. The van der Waals surface area contributed by atoms with Crippen molar-refractivity contribution in [2.45, 2.75) is 19.3 Å². The average Bonchev–Trinajstić information content (AvgIpc) is 3.00. The molecule has 26 heavy (non-hydrogen) atoms. The van der Waals surface area contributed by atoms with Crippen molar-refractivity contribution in [3.05, 3.63) is 58.2 Å². The van der Waals surface area contributed by atoms with Crippen LogP contribution in [0.3, 0.4) is 0 Å². The third-order valence-corrected chi connectivity index (χ3v) is 6.32. The Balaban J connectivity index is 1.66. The Kier molecular flexibility index (Phi) is 4.83. The molecule has 0 saturated carbocycles. The Labute approximate surface area is 160 Å². The maximum atomic E-state index is 13.8. The summed E-state index contributed by atoms with van der Waals surface area (Å²) >= 11 is 7.75. The van der Waals surface area contributed by atoms with Crippen molar-refractivity contribution in [1.29, 1.82) is 0 Å². The molecular formula is C20H18ClFN2OS. The van der Waals surface area contributed by atoms with E-state index in [-0.39, 0.29) is 11.7 Å². The molecule has 1 aromatic heterocycles. The van der Waals surface area contributed by atoms with Gasteiger partial charge in [-0.25, -0.2) is 4.39 Å². The molecule has 0 radical (unpaired) electrons. The monoisotopic (exact) mass is 388 g/mol. The van der Waals surface area contributed by atoms with Gasteiger partial charge >= 0.3 is 0 Å². The Bertz CT molecular complexity index is 966. The fraction of sp³-hybridized carbons (Fsp3) is 0.250. The predicted molar refractivity (Wildman–Crippen MR) is 107 cm³/mol. The zero-order chi connectivity index (χ0) is 18.1. The molecular weight excluding hydrogens is 371 g/mol. The zero-order valence-corrected chi connectivity index (χ0v) is 15.7. The van der Waals surface area contributed by atoms with Gasteiger partial charge in [-0.2, -0.15) is 0 Å². The summed E-state index contributed by atoms with van der Waals surface area (Å²) in [6.45, 7) is 1.83. The molecule has 134 valence electrons. The Morgan fingerprint density at radius 3 is 2.65 bits per heavy atom. The van der Waals surface area contributed by atoms with Crippen LogP contribution in [0.2, 0.25) is 5.02 Å². The number of nitrogens with zero attached hydrogens (tertiary/aromatic N) is 1. The maximum absolute atomic E-state index is 13.8. The van der Waals surface area contributed by atoms with Crippen LogP contribution in [0.15, 0.2) is 42.5 Å². The summed E-state index contributed by atoms with van der Waals surface area (Å²) in [7, 11) is 0. The maximum Gasteiger partial charge on any atom is 0.267 e. The van der Waals surface area contributed by atoms with Gasteiger partial charge < -0.3 is 10.2 Å². The van der Waals surface area contributed by atoms with E-state index in [1.165, 1.54) is 29.9 Å². The summed E-state index contributed by atoms with van der Waals surface area (Å²) in [6.07, 6.45) is 3.41. The molecule has 4 rings (SSSR count). The summed E-state index contributed by atoms with van der Waals surface area (Å²) in [5, 5.41) is 4.18. The number of carbonyl (C=O) groups is 1. The Hall–Kier alpha value is -2.11. The van der Waals surface area contributed by atoms with Gasteiger partial charge in [-0.1, -0.05) is 29.8 Å². The number of anilines is 2. The smallest absolute Gasteiger partial charge is 0.267 e. The molecule has 1 saturated heterocycles. The first-order chi connectivity index (χ1) is 12.6. The molecule has 1 N–H and O–H groups in total. The number of thiophene rings is 1. The van der Waals surface area contributed by atoms with E-state index in [0.717, 1.165) is 41.7 Å². The molecule has 0 atom stereocenters. The van der Waals surface area contributed by atoms with Gasteiger partial charge in [0.2, 0.25) is 0 Å². The number of fused-ring (bicyclic) bond motifs is 1. The van der Waals surface area contributed by atoms with Crippen LogP contribution in [0.25, 0.3) is 10.1 Å². The minimum absolute atomic E-state index is 0.306. The van der Waals surface area contributed by atoms with Crippen molar-refractivity contribution < 1.29 is 9.18 Å². The summed E-state index contributed by atoms with van der Waals surface area (Å²) in [5.74, 6) is -0.677. The van der Waals surface area contributed by atoms with E-state index in [1.807, 2.05) is 24.3 Å². The largest absolute Gasteiger partial charge is 0.370 e. The molecule has 3 nitrogen and oxygen atoms in total. The predicted octanol–water partition coefficient (Wildman–Crippen LogP) is 5.94. The second-order valence-electron chi connectivity index (χ2n) is 6.40. The topological polar surface area (TPSA) is 32.3 Å². The van der Waals surface area contributed by atoms with E-state index >= 15 is 0 Å². The van der Waals surface area contributed by atoms with E-state index in [4.69, 9.17) is 11.6 Å². The second-order valence-corrected chi connectivity index (χ2v) is 7.83. The van der Waals surface area contributed by atoms with Crippen LogP contribution in [0, 0.1) is 5.82 Å². The average molecular weight is 389 g/mol. The molecule has 0 bridgehead atoms.